The van der Waals surface area contributed by atoms with Gasteiger partial charge < -0.3 is 31.5 Å². The van der Waals surface area contributed by atoms with Crippen molar-refractivity contribution in [2.45, 2.75) is 38.3 Å². The number of rotatable bonds is 13. The van der Waals surface area contributed by atoms with E-state index in [4.69, 9.17) is 5.11 Å². The Kier molecular flexibility index (Phi) is 11.2. The molecule has 8 N–H and O–H groups in total. The van der Waals surface area contributed by atoms with Crippen LogP contribution in [0.5, 0.6) is 0 Å². The van der Waals surface area contributed by atoms with E-state index in [2.05, 4.69) is 35.0 Å². The number of carbonyl (C=O) groups excluding carboxylic acids is 3. The average Bonchev–Trinajstić information content (AvgIpc) is 3.42. The predicted molar refractivity (Wildman–Crippen MR) is 176 cm³/mol. The highest BCUT2D eigenvalue weighted by Crippen LogP contribution is 2.33. The van der Waals surface area contributed by atoms with Gasteiger partial charge in [-0.05, 0) is 60.4 Å². The van der Waals surface area contributed by atoms with Gasteiger partial charge in [0.15, 0.2) is 5.82 Å². The average molecular weight is 746 g/mol. The maximum atomic E-state index is 14.0. The molecule has 0 aliphatic heterocycles. The molecule has 0 spiro atoms. The van der Waals surface area contributed by atoms with Gasteiger partial charge in [-0.1, -0.05) is 30.3 Å². The number of carboxylic acids is 2. The van der Waals surface area contributed by atoms with Crippen LogP contribution in [0.3, 0.4) is 0 Å². The molecule has 0 saturated heterocycles. The maximum absolute atomic E-state index is 14.0. The van der Waals surface area contributed by atoms with E-state index >= 15 is 0 Å². The summed E-state index contributed by atoms with van der Waals surface area (Å²) in [5.41, 5.74) is 3.32. The molecular weight excluding hydrogens is 716 g/mol. The fourth-order valence-corrected chi connectivity index (χ4v) is 5.01. The second kappa shape index (κ2) is 15.3. The molecule has 1 heterocycles. The minimum atomic E-state index is -1.44. The molecule has 2 atom stereocenters. The van der Waals surface area contributed by atoms with Crippen LogP contribution in [0.1, 0.15) is 24.8 Å². The van der Waals surface area contributed by atoms with Crippen LogP contribution in [0.4, 0.5) is 26.4 Å². The Morgan fingerprint density at radius 1 is 0.957 bits per heavy atom. The van der Waals surface area contributed by atoms with Crippen LogP contribution in [-0.2, 0) is 19.2 Å². The molecular formula is C30H29FIN7O7. The Morgan fingerprint density at radius 2 is 1.70 bits per heavy atom. The number of nitrogens with one attached hydrogen (secondary N) is 6. The summed E-state index contributed by atoms with van der Waals surface area (Å²) in [5, 5.41) is 35.9. The molecule has 0 saturated carbocycles. The van der Waals surface area contributed by atoms with Crippen molar-refractivity contribution in [2.24, 2.45) is 0 Å². The van der Waals surface area contributed by atoms with E-state index < -0.39 is 54.1 Å². The largest absolute Gasteiger partial charge is 0.481 e. The lowest BCUT2D eigenvalue weighted by Crippen LogP contribution is -2.49. The van der Waals surface area contributed by atoms with Crippen molar-refractivity contribution in [3.63, 3.8) is 0 Å². The van der Waals surface area contributed by atoms with Gasteiger partial charge in [-0.25, -0.2) is 17.5 Å². The van der Waals surface area contributed by atoms with E-state index in [0.29, 0.717) is 22.2 Å². The molecule has 14 nitrogen and oxygen atoms in total. The third kappa shape index (κ3) is 8.75. The molecule has 0 fully saturated rings. The SMILES string of the molecule is Cc1ccc(F)c(NC(=O)Nc2ccc(-c3cccc4[nH]nc(NC(=O)C[C@H](NI)C(=O)N[C@@H](CCC(=O)O)C(=O)O)c34)cc2)c1. The summed E-state index contributed by atoms with van der Waals surface area (Å²) in [6, 6.07) is 13.4. The van der Waals surface area contributed by atoms with Crippen LogP contribution in [0.2, 0.25) is 0 Å². The highest BCUT2D eigenvalue weighted by atomic mass is 127. The number of halogens is 2. The van der Waals surface area contributed by atoms with Crippen LogP contribution < -0.4 is 24.8 Å². The molecule has 4 rings (SSSR count). The molecule has 46 heavy (non-hydrogen) atoms. The van der Waals surface area contributed by atoms with E-state index in [0.717, 1.165) is 11.1 Å². The van der Waals surface area contributed by atoms with Crippen molar-refractivity contribution >= 4 is 80.7 Å². The number of urea groups is 1. The first-order chi connectivity index (χ1) is 21.9. The van der Waals surface area contributed by atoms with Crippen LogP contribution in [0.15, 0.2) is 60.7 Å². The summed E-state index contributed by atoms with van der Waals surface area (Å²) in [6.45, 7) is 1.78. The highest BCUT2D eigenvalue weighted by molar-refractivity contribution is 14.1. The van der Waals surface area contributed by atoms with Gasteiger partial charge in [0.05, 0.1) is 23.0 Å². The van der Waals surface area contributed by atoms with Crippen molar-refractivity contribution in [1.29, 1.82) is 0 Å². The molecule has 0 unspecified atom stereocenters. The fourth-order valence-electron chi connectivity index (χ4n) is 4.50. The zero-order valence-electron chi connectivity index (χ0n) is 24.2. The molecule has 16 heteroatoms. The Hall–Kier alpha value is -5.10. The van der Waals surface area contributed by atoms with Crippen molar-refractivity contribution < 1.29 is 38.6 Å². The van der Waals surface area contributed by atoms with E-state index in [9.17, 15) is 33.5 Å². The van der Waals surface area contributed by atoms with Crippen molar-refractivity contribution in [3.05, 3.63) is 72.0 Å². The van der Waals surface area contributed by atoms with Gasteiger partial charge in [0.25, 0.3) is 0 Å². The Morgan fingerprint density at radius 3 is 2.37 bits per heavy atom. The molecule has 4 amide bonds. The first-order valence-corrected chi connectivity index (χ1v) is 14.9. The number of hydrogen-bond acceptors (Lipinski definition) is 7. The number of aromatic nitrogens is 2. The lowest BCUT2D eigenvalue weighted by Gasteiger charge is -2.18. The molecule has 3 aromatic carbocycles. The predicted octanol–water partition coefficient (Wildman–Crippen LogP) is 4.39. The Labute approximate surface area is 275 Å². The number of aliphatic carboxylic acids is 2. The monoisotopic (exact) mass is 745 g/mol. The molecule has 0 aliphatic rings. The quantitative estimate of drug-likeness (QED) is 0.0719. The first-order valence-electron chi connectivity index (χ1n) is 13.8. The van der Waals surface area contributed by atoms with Crippen molar-refractivity contribution in [1.82, 2.24) is 19.0 Å². The smallest absolute Gasteiger partial charge is 0.326 e. The summed E-state index contributed by atoms with van der Waals surface area (Å²) in [6.07, 6.45) is -1.17. The molecule has 1 aromatic heterocycles. The number of fused-ring (bicyclic) bond motifs is 1. The lowest BCUT2D eigenvalue weighted by molar-refractivity contribution is -0.143. The number of benzene rings is 3. The first kappa shape index (κ1) is 33.8. The van der Waals surface area contributed by atoms with Crippen molar-refractivity contribution in [2.75, 3.05) is 16.0 Å². The van der Waals surface area contributed by atoms with E-state index in [1.165, 1.54) is 12.1 Å². The van der Waals surface area contributed by atoms with Crippen LogP contribution in [-0.4, -0.2) is 62.3 Å². The zero-order valence-corrected chi connectivity index (χ0v) is 26.3. The van der Waals surface area contributed by atoms with Gasteiger partial charge in [0.1, 0.15) is 17.9 Å². The number of nitrogens with zero attached hydrogens (tertiary/aromatic N) is 1. The molecule has 0 radical (unpaired) electrons. The van der Waals surface area contributed by atoms with Gasteiger partial charge in [0.2, 0.25) is 11.8 Å². The van der Waals surface area contributed by atoms with E-state index in [1.807, 2.05) is 6.07 Å². The summed E-state index contributed by atoms with van der Waals surface area (Å²) >= 11 is 1.67. The second-order valence-electron chi connectivity index (χ2n) is 10.2. The van der Waals surface area contributed by atoms with E-state index in [-0.39, 0.29) is 24.3 Å². The number of aromatic amines is 1. The number of carboxylic acid groups (broad SMARTS) is 2. The summed E-state index contributed by atoms with van der Waals surface area (Å²) in [4.78, 5) is 60.4. The lowest BCUT2D eigenvalue weighted by atomic mass is 10.0. The minimum absolute atomic E-state index is 0.0525. The third-order valence-corrected chi connectivity index (χ3v) is 7.52. The van der Waals surface area contributed by atoms with Crippen molar-refractivity contribution in [3.8, 4) is 11.1 Å². The van der Waals surface area contributed by atoms with Gasteiger partial charge in [-0.3, -0.25) is 19.5 Å². The normalized spacial score (nSPS) is 12.2. The van der Waals surface area contributed by atoms with Gasteiger partial charge in [-0.15, -0.1) is 0 Å². The van der Waals surface area contributed by atoms with Crippen LogP contribution in [0, 0.1) is 12.7 Å². The zero-order chi connectivity index (χ0) is 33.4. The number of H-pyrrole nitrogens is 1. The highest BCUT2D eigenvalue weighted by Gasteiger charge is 2.27. The standard InChI is InChI=1S/C30H29FIN7O7/c1-15-5-10-19(31)22(13-15)35-30(46)33-17-8-6-16(7-9-17)18-3-2-4-20-26(18)27(39-38-20)36-24(40)14-23(37-32)28(43)34-21(29(44)45)11-12-25(41)42/h2-10,13,21,23,37H,11-12,14H2,1H3,(H,34,43)(H,41,42)(H,44,45)(H2,33,35,46)(H2,36,38,39,40)/t21-,23-/m0/s1. The Bertz CT molecular complexity index is 1780. The van der Waals surface area contributed by atoms with Crippen LogP contribution >= 0.6 is 22.9 Å². The van der Waals surface area contributed by atoms with Gasteiger partial charge in [-0.2, -0.15) is 5.10 Å². The second-order valence-corrected chi connectivity index (χ2v) is 10.8. The molecule has 0 bridgehead atoms. The number of anilines is 3. The molecule has 240 valence electrons. The third-order valence-electron chi connectivity index (χ3n) is 6.77. The number of amides is 4. The number of hydrogen-bond donors (Lipinski definition) is 8. The topological polar surface area (TPSA) is 215 Å². The minimum Gasteiger partial charge on any atom is -0.481 e. The molecule has 4 aromatic rings. The summed E-state index contributed by atoms with van der Waals surface area (Å²) in [5.74, 6) is -4.36. The maximum Gasteiger partial charge on any atom is 0.326 e. The number of carbonyl (C=O) groups is 5. The Balaban J connectivity index is 1.44. The van der Waals surface area contributed by atoms with Crippen LogP contribution in [0.25, 0.3) is 22.0 Å². The fraction of sp³-hybridized carbons (Fsp3) is 0.200. The van der Waals surface area contributed by atoms with Gasteiger partial charge in [0, 0.05) is 35.0 Å². The summed E-state index contributed by atoms with van der Waals surface area (Å²) < 4.78 is 16.7. The summed E-state index contributed by atoms with van der Waals surface area (Å²) in [7, 11) is 0. The molecule has 0 aliphatic carbocycles. The van der Waals surface area contributed by atoms with E-state index in [1.54, 1.807) is 72.3 Å². The van der Waals surface area contributed by atoms with Gasteiger partial charge >= 0.3 is 18.0 Å². The number of aryl methyl sites for hydroxylation is 1.